The van der Waals surface area contributed by atoms with E-state index in [1.165, 1.54) is 28.8 Å². The molecule has 0 saturated carbocycles. The lowest BCUT2D eigenvalue weighted by atomic mass is 10.1. The summed E-state index contributed by atoms with van der Waals surface area (Å²) < 4.78 is 24.5. The molecule has 0 unspecified atom stereocenters. The van der Waals surface area contributed by atoms with Gasteiger partial charge in [-0.05, 0) is 31.5 Å². The maximum Gasteiger partial charge on any atom is 0.277 e. The van der Waals surface area contributed by atoms with Gasteiger partial charge in [0.15, 0.2) is 9.84 Å². The lowest BCUT2D eigenvalue weighted by Gasteiger charge is -2.04. The van der Waals surface area contributed by atoms with Gasteiger partial charge in [-0.2, -0.15) is 9.50 Å². The number of nitrogens with zero attached hydrogens (tertiary/aromatic N) is 3. The Bertz CT molecular complexity index is 1190. The van der Waals surface area contributed by atoms with Crippen molar-refractivity contribution in [3.8, 4) is 0 Å². The van der Waals surface area contributed by atoms with E-state index in [4.69, 9.17) is 0 Å². The summed E-state index contributed by atoms with van der Waals surface area (Å²) in [6.45, 7) is 3.72. The molecule has 10 heteroatoms. The molecule has 0 saturated heterocycles. The summed E-state index contributed by atoms with van der Waals surface area (Å²) in [5.41, 5.74) is 1.09. The average molecular weight is 389 g/mol. The largest absolute Gasteiger partial charge is 0.291 e. The zero-order chi connectivity index (χ0) is 19.8. The monoisotopic (exact) mass is 389 g/mol. The first-order chi connectivity index (χ1) is 12.7. The van der Waals surface area contributed by atoms with Gasteiger partial charge < -0.3 is 0 Å². The molecule has 2 N–H and O–H groups in total. The second kappa shape index (κ2) is 6.95. The molecule has 0 spiro atoms. The van der Waals surface area contributed by atoms with Gasteiger partial charge in [0, 0.05) is 17.4 Å². The second-order valence-electron chi connectivity index (χ2n) is 6.19. The molecule has 0 fully saturated rings. The quantitative estimate of drug-likeness (QED) is 0.678. The first-order valence-corrected chi connectivity index (χ1v) is 10.2. The topological polar surface area (TPSA) is 126 Å². The van der Waals surface area contributed by atoms with Gasteiger partial charge in [0.25, 0.3) is 17.2 Å². The number of carbonyl (C=O) groups excluding carboxylic acids is 1. The first kappa shape index (κ1) is 18.8. The summed E-state index contributed by atoms with van der Waals surface area (Å²) in [5.74, 6) is -0.363. The number of hydrogen-bond donors (Lipinski definition) is 2. The highest BCUT2D eigenvalue weighted by Gasteiger charge is 2.16. The summed E-state index contributed by atoms with van der Waals surface area (Å²) in [4.78, 5) is 33.4. The Labute approximate surface area is 155 Å². The van der Waals surface area contributed by atoms with E-state index < -0.39 is 15.7 Å². The van der Waals surface area contributed by atoms with E-state index in [-0.39, 0.29) is 27.7 Å². The van der Waals surface area contributed by atoms with E-state index in [0.29, 0.717) is 17.7 Å². The summed E-state index contributed by atoms with van der Waals surface area (Å²) in [6, 6.07) is 5.66. The molecule has 27 heavy (non-hydrogen) atoms. The van der Waals surface area contributed by atoms with E-state index in [2.05, 4.69) is 20.4 Å². The van der Waals surface area contributed by atoms with Crippen LogP contribution < -0.4 is 10.9 Å². The first-order valence-electron chi connectivity index (χ1n) is 8.30. The summed E-state index contributed by atoms with van der Waals surface area (Å²) in [6.07, 6.45) is 2.47. The predicted octanol–water partition coefficient (Wildman–Crippen LogP) is 1.33. The number of nitrogens with one attached hydrogen (secondary N) is 2. The van der Waals surface area contributed by atoms with Crippen molar-refractivity contribution in [3.05, 3.63) is 51.4 Å². The van der Waals surface area contributed by atoms with Crippen molar-refractivity contribution >= 4 is 27.5 Å². The Kier molecular flexibility index (Phi) is 4.83. The highest BCUT2D eigenvalue weighted by atomic mass is 32.2. The van der Waals surface area contributed by atoms with Crippen LogP contribution in [0.3, 0.4) is 0 Å². The van der Waals surface area contributed by atoms with Crippen LogP contribution in [-0.4, -0.2) is 40.2 Å². The summed E-state index contributed by atoms with van der Waals surface area (Å²) in [5, 5.41) is 5.24. The average Bonchev–Trinajstić information content (AvgIpc) is 3.00. The number of hydrogen-bond acceptors (Lipinski definition) is 6. The number of benzene rings is 1. The Morgan fingerprint density at radius 2 is 2.04 bits per heavy atom. The van der Waals surface area contributed by atoms with Gasteiger partial charge >= 0.3 is 0 Å². The minimum Gasteiger partial charge on any atom is -0.291 e. The lowest BCUT2D eigenvalue weighted by molar-refractivity contribution is 0.102. The van der Waals surface area contributed by atoms with E-state index in [1.54, 1.807) is 6.92 Å². The maximum absolute atomic E-state index is 12.5. The smallest absolute Gasteiger partial charge is 0.277 e. The third-order valence-corrected chi connectivity index (χ3v) is 5.16. The van der Waals surface area contributed by atoms with Crippen LogP contribution in [-0.2, 0) is 16.3 Å². The number of fused-ring (bicyclic) bond motifs is 1. The van der Waals surface area contributed by atoms with Gasteiger partial charge in [0.05, 0.1) is 10.6 Å². The van der Waals surface area contributed by atoms with Crippen molar-refractivity contribution in [2.75, 3.05) is 11.6 Å². The Morgan fingerprint density at radius 1 is 1.30 bits per heavy atom. The van der Waals surface area contributed by atoms with Crippen LogP contribution in [0.2, 0.25) is 0 Å². The Morgan fingerprint density at radius 3 is 2.70 bits per heavy atom. The zero-order valence-electron chi connectivity index (χ0n) is 15.1. The molecule has 0 aliphatic heterocycles. The van der Waals surface area contributed by atoms with Crippen LogP contribution in [0.25, 0.3) is 5.78 Å². The molecule has 0 radical (unpaired) electrons. The highest BCUT2D eigenvalue weighted by molar-refractivity contribution is 7.90. The zero-order valence-corrected chi connectivity index (χ0v) is 15.9. The number of amides is 1. The molecule has 1 aromatic carbocycles. The van der Waals surface area contributed by atoms with Crippen LogP contribution in [0.4, 0.5) is 5.95 Å². The molecule has 0 atom stereocenters. The van der Waals surface area contributed by atoms with Crippen molar-refractivity contribution in [2.24, 2.45) is 0 Å². The van der Waals surface area contributed by atoms with Crippen LogP contribution >= 0.6 is 0 Å². The standard InChI is InChI=1S/C17H19N5O4S/c1-4-6-13-10(2)18-17-20-16(21-22(17)15(13)24)19-14(23)11-7-5-8-12(9-11)27(3,25)26/h5,7-9H,4,6H2,1-3H3,(H2,18,19,20,21,23). The summed E-state index contributed by atoms with van der Waals surface area (Å²) in [7, 11) is -3.43. The Balaban J connectivity index is 1.94. The normalized spacial score (nSPS) is 11.7. The van der Waals surface area contributed by atoms with Gasteiger partial charge in [-0.25, -0.2) is 13.4 Å². The van der Waals surface area contributed by atoms with Gasteiger partial charge in [0.1, 0.15) is 0 Å². The predicted molar refractivity (Wildman–Crippen MR) is 99.8 cm³/mol. The number of rotatable bonds is 5. The molecule has 1 amide bonds. The number of aromatic amines is 1. The maximum atomic E-state index is 12.5. The molecular formula is C17H19N5O4S. The molecule has 3 rings (SSSR count). The van der Waals surface area contributed by atoms with Crippen molar-refractivity contribution in [1.82, 2.24) is 19.6 Å². The molecule has 2 heterocycles. The van der Waals surface area contributed by atoms with Crippen molar-refractivity contribution < 1.29 is 13.2 Å². The fourth-order valence-electron chi connectivity index (χ4n) is 2.70. The molecule has 3 aromatic rings. The third kappa shape index (κ3) is 3.75. The van der Waals surface area contributed by atoms with Crippen LogP contribution in [0, 0.1) is 6.92 Å². The highest BCUT2D eigenvalue weighted by Crippen LogP contribution is 2.13. The van der Waals surface area contributed by atoms with E-state index in [0.717, 1.165) is 12.7 Å². The molecule has 0 aliphatic carbocycles. The van der Waals surface area contributed by atoms with Crippen LogP contribution in [0.5, 0.6) is 0 Å². The van der Waals surface area contributed by atoms with E-state index >= 15 is 0 Å². The molecule has 142 valence electrons. The van der Waals surface area contributed by atoms with Crippen LogP contribution in [0.15, 0.2) is 34.0 Å². The van der Waals surface area contributed by atoms with Gasteiger partial charge in [-0.1, -0.05) is 19.4 Å². The molecule has 0 bridgehead atoms. The number of aromatic nitrogens is 4. The number of H-pyrrole nitrogens is 1. The van der Waals surface area contributed by atoms with Gasteiger partial charge in [0.2, 0.25) is 5.95 Å². The Hall–Kier alpha value is -3.01. The second-order valence-corrected chi connectivity index (χ2v) is 8.21. The van der Waals surface area contributed by atoms with Gasteiger partial charge in [-0.3, -0.25) is 20.0 Å². The number of aryl methyl sites for hydroxylation is 1. The fraction of sp³-hybridized carbons (Fsp3) is 0.294. The summed E-state index contributed by atoms with van der Waals surface area (Å²) >= 11 is 0. The molecular weight excluding hydrogens is 370 g/mol. The van der Waals surface area contributed by atoms with E-state index in [9.17, 15) is 18.0 Å². The molecule has 0 aliphatic rings. The number of anilines is 1. The van der Waals surface area contributed by atoms with Crippen molar-refractivity contribution in [1.29, 1.82) is 0 Å². The van der Waals surface area contributed by atoms with E-state index in [1.807, 2.05) is 6.92 Å². The lowest BCUT2D eigenvalue weighted by Crippen LogP contribution is -2.22. The van der Waals surface area contributed by atoms with Crippen molar-refractivity contribution in [3.63, 3.8) is 0 Å². The van der Waals surface area contributed by atoms with Crippen LogP contribution in [0.1, 0.15) is 35.0 Å². The number of carbonyl (C=O) groups is 1. The minimum atomic E-state index is -3.43. The molecule has 9 nitrogen and oxygen atoms in total. The fourth-order valence-corrected chi connectivity index (χ4v) is 3.36. The third-order valence-electron chi connectivity index (χ3n) is 4.05. The SMILES string of the molecule is CCCc1c(C)nc2nc(NC(=O)c3cccc(S(C)(=O)=O)c3)[nH]n2c1=O. The van der Waals surface area contributed by atoms with Gasteiger partial charge in [-0.15, -0.1) is 0 Å². The van der Waals surface area contributed by atoms with Crippen molar-refractivity contribution in [2.45, 2.75) is 31.6 Å². The molecule has 2 aromatic heterocycles. The number of sulfone groups is 1. The minimum absolute atomic E-state index is 0.0393.